The van der Waals surface area contributed by atoms with Crippen molar-refractivity contribution in [3.05, 3.63) is 65.2 Å². The Morgan fingerprint density at radius 2 is 1.65 bits per heavy atom. The van der Waals surface area contributed by atoms with Gasteiger partial charge in [0.1, 0.15) is 11.6 Å². The molecule has 0 fully saturated rings. The van der Waals surface area contributed by atoms with Crippen LogP contribution in [-0.2, 0) is 11.2 Å². The van der Waals surface area contributed by atoms with E-state index in [0.717, 1.165) is 29.2 Å². The van der Waals surface area contributed by atoms with Crippen LogP contribution in [0.5, 0.6) is 0 Å². The lowest BCUT2D eigenvalue weighted by Crippen LogP contribution is -2.43. The summed E-state index contributed by atoms with van der Waals surface area (Å²) in [6.07, 6.45) is -0.0957. The molecule has 3 nitrogen and oxygen atoms in total. The van der Waals surface area contributed by atoms with Crippen molar-refractivity contribution in [1.82, 2.24) is 0 Å². The van der Waals surface area contributed by atoms with Crippen LogP contribution in [0, 0.1) is 23.3 Å². The van der Waals surface area contributed by atoms with Crippen molar-refractivity contribution >= 4 is 11.6 Å². The summed E-state index contributed by atoms with van der Waals surface area (Å²) >= 11 is 0. The molecule has 1 atom stereocenters. The molecule has 122 valence electrons. The molecule has 0 aliphatic heterocycles. The average Bonchev–Trinajstić information content (AvgIpc) is 2.47. The summed E-state index contributed by atoms with van der Waals surface area (Å²) in [5.41, 5.74) is 6.10. The molecule has 2 aromatic rings. The van der Waals surface area contributed by atoms with Gasteiger partial charge in [0.05, 0.1) is 6.04 Å². The highest BCUT2D eigenvalue weighted by atomic mass is 19.2. The van der Waals surface area contributed by atoms with Crippen LogP contribution in [0.3, 0.4) is 0 Å². The molecule has 1 unspecified atom stereocenters. The average molecular weight is 326 g/mol. The summed E-state index contributed by atoms with van der Waals surface area (Å²) in [7, 11) is 1.35. The molecule has 0 spiro atoms. The van der Waals surface area contributed by atoms with Gasteiger partial charge in [-0.25, -0.2) is 17.6 Å². The normalized spacial score (nSPS) is 12.1. The second-order valence-corrected chi connectivity index (χ2v) is 5.08. The highest BCUT2D eigenvalue weighted by molar-refractivity contribution is 5.96. The molecule has 0 aliphatic rings. The highest BCUT2D eigenvalue weighted by Crippen LogP contribution is 2.18. The Bertz CT molecular complexity index is 716. The van der Waals surface area contributed by atoms with E-state index in [1.807, 2.05) is 0 Å². The summed E-state index contributed by atoms with van der Waals surface area (Å²) in [6.45, 7) is 0. The monoisotopic (exact) mass is 326 g/mol. The quantitative estimate of drug-likeness (QED) is 0.878. The first-order chi connectivity index (χ1) is 10.8. The number of carbonyl (C=O) groups is 1. The third kappa shape index (κ3) is 4.07. The van der Waals surface area contributed by atoms with Crippen LogP contribution in [0.25, 0.3) is 0 Å². The van der Waals surface area contributed by atoms with Crippen molar-refractivity contribution in [2.45, 2.75) is 12.5 Å². The van der Waals surface area contributed by atoms with Gasteiger partial charge in [0.25, 0.3) is 0 Å². The molecule has 2 rings (SSSR count). The SMILES string of the molecule is CN(C(=O)C(N)Cc1cc(F)cc(F)c1)c1ccc(F)c(F)c1. The van der Waals surface area contributed by atoms with E-state index in [2.05, 4.69) is 0 Å². The molecule has 0 heterocycles. The second kappa shape index (κ2) is 6.78. The van der Waals surface area contributed by atoms with Gasteiger partial charge in [-0.15, -0.1) is 0 Å². The van der Waals surface area contributed by atoms with Gasteiger partial charge in [0, 0.05) is 24.9 Å². The first-order valence-electron chi connectivity index (χ1n) is 6.71. The Balaban J connectivity index is 2.13. The number of benzene rings is 2. The summed E-state index contributed by atoms with van der Waals surface area (Å²) in [5, 5.41) is 0. The lowest BCUT2D eigenvalue weighted by Gasteiger charge is -2.21. The fourth-order valence-corrected chi connectivity index (χ4v) is 2.14. The first-order valence-corrected chi connectivity index (χ1v) is 6.71. The molecule has 2 aromatic carbocycles. The summed E-state index contributed by atoms with van der Waals surface area (Å²) in [5.74, 6) is -4.26. The number of amides is 1. The number of rotatable bonds is 4. The zero-order valence-electron chi connectivity index (χ0n) is 12.2. The van der Waals surface area contributed by atoms with E-state index in [-0.39, 0.29) is 17.7 Å². The van der Waals surface area contributed by atoms with Gasteiger partial charge >= 0.3 is 0 Å². The lowest BCUT2D eigenvalue weighted by atomic mass is 10.0. The number of carbonyl (C=O) groups excluding carboxylic acids is 1. The molecule has 2 N–H and O–H groups in total. The summed E-state index contributed by atoms with van der Waals surface area (Å²) < 4.78 is 52.4. The van der Waals surface area contributed by atoms with Crippen molar-refractivity contribution in [2.75, 3.05) is 11.9 Å². The molecule has 1 amide bonds. The molecule has 23 heavy (non-hydrogen) atoms. The van der Waals surface area contributed by atoms with Gasteiger partial charge in [-0.1, -0.05) is 0 Å². The Hall–Kier alpha value is -2.41. The highest BCUT2D eigenvalue weighted by Gasteiger charge is 2.21. The van der Waals surface area contributed by atoms with Crippen LogP contribution in [0.4, 0.5) is 23.2 Å². The van der Waals surface area contributed by atoms with Crippen LogP contribution >= 0.6 is 0 Å². The van der Waals surface area contributed by atoms with Gasteiger partial charge in [0.2, 0.25) is 5.91 Å². The maximum Gasteiger partial charge on any atom is 0.243 e. The van der Waals surface area contributed by atoms with E-state index in [4.69, 9.17) is 5.73 Å². The predicted molar refractivity (Wildman–Crippen MR) is 77.8 cm³/mol. The molecule has 0 bridgehead atoms. The number of anilines is 1. The van der Waals surface area contributed by atoms with Crippen LogP contribution in [-0.4, -0.2) is 19.0 Å². The Labute approximate surface area is 130 Å². The van der Waals surface area contributed by atoms with E-state index in [1.54, 1.807) is 0 Å². The number of hydrogen-bond donors (Lipinski definition) is 1. The molecule has 7 heteroatoms. The number of hydrogen-bond acceptors (Lipinski definition) is 2. The zero-order valence-corrected chi connectivity index (χ0v) is 12.2. The fraction of sp³-hybridized carbons (Fsp3) is 0.188. The standard InChI is InChI=1S/C16H14F4N2O/c1-22(12-2-3-13(19)14(20)8-12)16(23)15(21)6-9-4-10(17)7-11(18)5-9/h2-5,7-8,15H,6,21H2,1H3. The van der Waals surface area contributed by atoms with E-state index >= 15 is 0 Å². The van der Waals surface area contributed by atoms with Gasteiger partial charge in [0.15, 0.2) is 11.6 Å². The molecule has 0 saturated carbocycles. The van der Waals surface area contributed by atoms with Crippen LogP contribution in [0.1, 0.15) is 5.56 Å². The van der Waals surface area contributed by atoms with E-state index in [0.29, 0.717) is 6.07 Å². The smallest absolute Gasteiger partial charge is 0.243 e. The maximum atomic E-state index is 13.2. The number of likely N-dealkylation sites (N-methyl/N-ethyl adjacent to an activating group) is 1. The minimum Gasteiger partial charge on any atom is -0.320 e. The number of nitrogens with zero attached hydrogens (tertiary/aromatic N) is 1. The van der Waals surface area contributed by atoms with Crippen molar-refractivity contribution in [2.24, 2.45) is 5.73 Å². The Morgan fingerprint density at radius 3 is 2.22 bits per heavy atom. The minimum absolute atomic E-state index is 0.0957. The maximum absolute atomic E-state index is 13.2. The Kier molecular flexibility index (Phi) is 5.00. The van der Waals surface area contributed by atoms with Gasteiger partial charge in [-0.3, -0.25) is 4.79 Å². The molecular weight excluding hydrogens is 312 g/mol. The summed E-state index contributed by atoms with van der Waals surface area (Å²) in [6, 6.07) is 4.76. The van der Waals surface area contributed by atoms with Gasteiger partial charge in [-0.2, -0.15) is 0 Å². The molecule has 0 aromatic heterocycles. The Morgan fingerprint density at radius 1 is 1.04 bits per heavy atom. The third-order valence-corrected chi connectivity index (χ3v) is 3.32. The van der Waals surface area contributed by atoms with Crippen LogP contribution < -0.4 is 10.6 Å². The largest absolute Gasteiger partial charge is 0.320 e. The molecular formula is C16H14F4N2O. The van der Waals surface area contributed by atoms with Crippen LogP contribution in [0.2, 0.25) is 0 Å². The third-order valence-electron chi connectivity index (χ3n) is 3.32. The number of halogens is 4. The molecule has 0 saturated heterocycles. The van der Waals surface area contributed by atoms with Crippen molar-refractivity contribution in [3.63, 3.8) is 0 Å². The summed E-state index contributed by atoms with van der Waals surface area (Å²) in [4.78, 5) is 13.3. The van der Waals surface area contributed by atoms with Crippen molar-refractivity contribution < 1.29 is 22.4 Å². The first kappa shape index (κ1) is 17.0. The van der Waals surface area contributed by atoms with Gasteiger partial charge in [-0.05, 0) is 36.2 Å². The minimum atomic E-state index is -1.09. The van der Waals surface area contributed by atoms with Gasteiger partial charge < -0.3 is 10.6 Å². The zero-order chi connectivity index (χ0) is 17.1. The lowest BCUT2D eigenvalue weighted by molar-refractivity contribution is -0.119. The van der Waals surface area contributed by atoms with E-state index in [1.165, 1.54) is 13.1 Å². The number of nitrogens with two attached hydrogens (primary N) is 1. The predicted octanol–water partition coefficient (Wildman–Crippen LogP) is 2.78. The van der Waals surface area contributed by atoms with Crippen molar-refractivity contribution in [1.29, 1.82) is 0 Å². The molecule has 0 aliphatic carbocycles. The van der Waals surface area contributed by atoms with Crippen molar-refractivity contribution in [3.8, 4) is 0 Å². The molecule has 0 radical (unpaired) electrons. The second-order valence-electron chi connectivity index (χ2n) is 5.08. The topological polar surface area (TPSA) is 46.3 Å². The van der Waals surface area contributed by atoms with E-state index in [9.17, 15) is 22.4 Å². The van der Waals surface area contributed by atoms with E-state index < -0.39 is 35.2 Å². The van der Waals surface area contributed by atoms with Crippen LogP contribution in [0.15, 0.2) is 36.4 Å². The fourth-order valence-electron chi connectivity index (χ4n) is 2.14.